The number of aliphatic hydroxyl groups excluding tert-OH is 3. The van der Waals surface area contributed by atoms with E-state index in [-0.39, 0.29) is 13.2 Å². The molecule has 0 radical (unpaired) electrons. The van der Waals surface area contributed by atoms with Gasteiger partial charge in [0.25, 0.3) is 0 Å². The van der Waals surface area contributed by atoms with Crippen LogP contribution >= 0.6 is 7.82 Å². The Balaban J connectivity index is 0.000000433. The Hall–Kier alpha value is -0.390. The highest BCUT2D eigenvalue weighted by Crippen LogP contribution is 2.35. The van der Waals surface area contributed by atoms with Crippen molar-refractivity contribution in [1.82, 2.24) is 0 Å². The normalized spacial score (nSPS) is 33.0. The second-order valence-electron chi connectivity index (χ2n) is 4.09. The van der Waals surface area contributed by atoms with Crippen LogP contribution in [0.2, 0.25) is 0 Å². The van der Waals surface area contributed by atoms with Gasteiger partial charge in [-0.1, -0.05) is 6.08 Å². The molecule has 0 spiro atoms. The summed E-state index contributed by atoms with van der Waals surface area (Å²) in [4.78, 5) is 16.0. The first kappa shape index (κ1) is 20.6. The van der Waals surface area contributed by atoms with Crippen LogP contribution in [0.15, 0.2) is 12.7 Å². The van der Waals surface area contributed by atoms with E-state index in [0.29, 0.717) is 0 Å². The Morgan fingerprint density at radius 3 is 2.29 bits per heavy atom. The third kappa shape index (κ3) is 7.43. The van der Waals surface area contributed by atoms with Gasteiger partial charge in [-0.25, -0.2) is 4.57 Å². The summed E-state index contributed by atoms with van der Waals surface area (Å²) < 4.78 is 23.6. The molecule has 1 unspecified atom stereocenters. The lowest BCUT2D eigenvalue weighted by Gasteiger charge is -2.39. The van der Waals surface area contributed by atoms with Crippen molar-refractivity contribution >= 4 is 7.82 Å². The van der Waals surface area contributed by atoms with Crippen LogP contribution in [0.25, 0.3) is 0 Å². The lowest BCUT2D eigenvalue weighted by atomic mass is 9.98. The molecule has 1 fully saturated rings. The molecule has 21 heavy (non-hydrogen) atoms. The molecule has 0 aliphatic carbocycles. The Labute approximate surface area is 122 Å². The van der Waals surface area contributed by atoms with Gasteiger partial charge in [0.1, 0.15) is 18.3 Å². The van der Waals surface area contributed by atoms with E-state index in [4.69, 9.17) is 30.1 Å². The summed E-state index contributed by atoms with van der Waals surface area (Å²) in [5.41, 5.74) is 5.50. The largest absolute Gasteiger partial charge is 0.469 e. The van der Waals surface area contributed by atoms with Gasteiger partial charge in [-0.15, -0.1) is 6.58 Å². The minimum atomic E-state index is -4.25. The molecule has 0 bridgehead atoms. The van der Waals surface area contributed by atoms with Gasteiger partial charge in [0, 0.05) is 7.11 Å². The molecule has 1 saturated heterocycles. The minimum Gasteiger partial charge on any atom is -0.394 e. The van der Waals surface area contributed by atoms with Crippen LogP contribution in [0.1, 0.15) is 0 Å². The Kier molecular flexibility index (Phi) is 9.41. The predicted molar refractivity (Wildman–Crippen MR) is 70.9 cm³/mol. The summed E-state index contributed by atoms with van der Waals surface area (Å²) in [6.07, 6.45) is -2.70. The third-order valence-corrected chi connectivity index (χ3v) is 3.01. The zero-order chi connectivity index (χ0) is 16.6. The summed E-state index contributed by atoms with van der Waals surface area (Å²) in [6, 6.07) is -0.803. The maximum absolute atomic E-state index is 9.81. The molecule has 1 aliphatic heterocycles. The van der Waals surface area contributed by atoms with Crippen molar-refractivity contribution in [3.8, 4) is 0 Å². The molecule has 11 heteroatoms. The Morgan fingerprint density at radius 1 is 1.38 bits per heavy atom. The molecule has 0 aromatic heterocycles. The number of hydrogen-bond donors (Lipinski definition) is 6. The molecule has 0 aromatic rings. The van der Waals surface area contributed by atoms with Crippen molar-refractivity contribution in [3.63, 3.8) is 0 Å². The lowest BCUT2D eigenvalue weighted by Crippen LogP contribution is -2.62. The van der Waals surface area contributed by atoms with E-state index in [2.05, 4.69) is 11.1 Å². The minimum absolute atomic E-state index is 0.121. The molecule has 0 aromatic carbocycles. The summed E-state index contributed by atoms with van der Waals surface area (Å²) in [5.74, 6) is 0. The Morgan fingerprint density at radius 2 is 1.95 bits per heavy atom. The molecular weight excluding hydrogens is 309 g/mol. The second kappa shape index (κ2) is 9.59. The van der Waals surface area contributed by atoms with E-state index in [0.717, 1.165) is 0 Å². The number of aliphatic hydroxyl groups is 3. The van der Waals surface area contributed by atoms with E-state index >= 15 is 0 Å². The predicted octanol–water partition coefficient (Wildman–Crippen LogP) is -2.32. The fourth-order valence-electron chi connectivity index (χ4n) is 1.47. The molecule has 1 rings (SSSR count). The van der Waals surface area contributed by atoms with E-state index in [1.807, 2.05) is 0 Å². The van der Waals surface area contributed by atoms with Crippen molar-refractivity contribution in [2.24, 2.45) is 5.73 Å². The number of ether oxygens (including phenoxy) is 2. The Bertz CT molecular complexity index is 329. The summed E-state index contributed by atoms with van der Waals surface area (Å²) >= 11 is 0. The first-order chi connectivity index (χ1) is 9.67. The first-order valence-corrected chi connectivity index (χ1v) is 7.42. The van der Waals surface area contributed by atoms with Crippen molar-refractivity contribution in [2.75, 3.05) is 20.3 Å². The van der Waals surface area contributed by atoms with Crippen molar-refractivity contribution in [1.29, 1.82) is 0 Å². The average Bonchev–Trinajstić information content (AvgIpc) is 2.43. The fraction of sp³-hybridized carbons (Fsp3) is 0.800. The molecule has 0 saturated carbocycles. The highest BCUT2D eigenvalue weighted by Gasteiger charge is 2.42. The van der Waals surface area contributed by atoms with Gasteiger partial charge in [0.2, 0.25) is 0 Å². The maximum atomic E-state index is 9.81. The van der Waals surface area contributed by atoms with Gasteiger partial charge in [-0.3, -0.25) is 4.52 Å². The average molecular weight is 331 g/mol. The van der Waals surface area contributed by atoms with Crippen LogP contribution in [0.4, 0.5) is 0 Å². The highest BCUT2D eigenvalue weighted by molar-refractivity contribution is 7.46. The molecule has 5 atom stereocenters. The van der Waals surface area contributed by atoms with Crippen molar-refractivity contribution in [3.05, 3.63) is 12.7 Å². The number of nitrogens with two attached hydrogens (primary N) is 1. The zero-order valence-corrected chi connectivity index (χ0v) is 12.4. The zero-order valence-electron chi connectivity index (χ0n) is 11.5. The molecule has 10 nitrogen and oxygen atoms in total. The van der Waals surface area contributed by atoms with Gasteiger partial charge >= 0.3 is 7.82 Å². The first-order valence-electron chi connectivity index (χ1n) is 5.89. The summed E-state index contributed by atoms with van der Waals surface area (Å²) in [6.45, 7) is 2.69. The molecule has 0 amide bonds. The maximum Gasteiger partial charge on any atom is 0.469 e. The van der Waals surface area contributed by atoms with Crippen LogP contribution in [0, 0.1) is 0 Å². The molecule has 126 valence electrons. The number of phosphoric ester groups is 1. The smallest absolute Gasteiger partial charge is 0.394 e. The monoisotopic (exact) mass is 331 g/mol. The van der Waals surface area contributed by atoms with Crippen molar-refractivity contribution in [2.45, 2.75) is 30.6 Å². The van der Waals surface area contributed by atoms with Crippen LogP contribution in [-0.4, -0.2) is 76.1 Å². The third-order valence-electron chi connectivity index (χ3n) is 2.52. The fourth-order valence-corrected chi connectivity index (χ4v) is 1.77. The van der Waals surface area contributed by atoms with Crippen LogP contribution < -0.4 is 5.73 Å². The standard InChI is InChI=1S/C7H15NO5.C3H7O4P/c1-12-7-4(8)6(11)5(10)3(2-9)13-7;1-2-3-7-8(4,5)6/h3-7,9-11H,2,8H2,1H3;2H,1,3H2,(H2,4,5,6)/t3-,4-,5-,6-,7?;/m1./s1. The molecular formula is C10H22NO9P. The highest BCUT2D eigenvalue weighted by atomic mass is 31.2. The van der Waals surface area contributed by atoms with Gasteiger partial charge in [-0.2, -0.15) is 0 Å². The number of phosphoric acid groups is 1. The summed E-state index contributed by atoms with van der Waals surface area (Å²) in [7, 11) is -2.88. The number of hydrogen-bond acceptors (Lipinski definition) is 8. The molecule has 7 N–H and O–H groups in total. The molecule has 1 aliphatic rings. The lowest BCUT2D eigenvalue weighted by molar-refractivity contribution is -0.257. The van der Waals surface area contributed by atoms with Gasteiger partial charge in [0.05, 0.1) is 19.3 Å². The number of rotatable bonds is 5. The van der Waals surface area contributed by atoms with Crippen LogP contribution in [0.5, 0.6) is 0 Å². The summed E-state index contributed by atoms with van der Waals surface area (Å²) in [5, 5.41) is 27.5. The van der Waals surface area contributed by atoms with E-state index in [9.17, 15) is 14.8 Å². The second-order valence-corrected chi connectivity index (χ2v) is 5.33. The van der Waals surface area contributed by atoms with Gasteiger partial charge in [-0.05, 0) is 0 Å². The quantitative estimate of drug-likeness (QED) is 0.237. The van der Waals surface area contributed by atoms with Crippen molar-refractivity contribution < 1.29 is 43.7 Å². The van der Waals surface area contributed by atoms with E-state index in [1.54, 1.807) is 0 Å². The van der Waals surface area contributed by atoms with Gasteiger partial charge < -0.3 is 40.3 Å². The van der Waals surface area contributed by atoms with Crippen LogP contribution in [0.3, 0.4) is 0 Å². The number of methoxy groups -OCH3 is 1. The topological polar surface area (TPSA) is 172 Å². The van der Waals surface area contributed by atoms with Crippen LogP contribution in [-0.2, 0) is 18.6 Å². The van der Waals surface area contributed by atoms with E-state index < -0.39 is 38.5 Å². The SMILES string of the molecule is C=CCOP(=O)(O)O.COC1O[C@H](CO)[C@@H](O)[C@H](O)[C@H]1N. The molecule has 1 heterocycles. The van der Waals surface area contributed by atoms with Gasteiger partial charge in [0.15, 0.2) is 6.29 Å². The van der Waals surface area contributed by atoms with E-state index in [1.165, 1.54) is 13.2 Å².